The first-order valence-electron chi connectivity index (χ1n) is 6.06. The highest BCUT2D eigenvalue weighted by atomic mass is 16.5. The van der Waals surface area contributed by atoms with Crippen LogP contribution in [-0.4, -0.2) is 55.3 Å². The average molecular weight is 295 g/mol. The summed E-state index contributed by atoms with van der Waals surface area (Å²) in [5.41, 5.74) is -0.140. The van der Waals surface area contributed by atoms with Gasteiger partial charge >= 0.3 is 12.0 Å². The lowest BCUT2D eigenvalue weighted by atomic mass is 10.4. The third-order valence-corrected chi connectivity index (χ3v) is 2.42. The van der Waals surface area contributed by atoms with Gasteiger partial charge in [-0.3, -0.25) is 0 Å². The highest BCUT2D eigenvalue weighted by Crippen LogP contribution is 1.92. The zero-order chi connectivity index (χ0) is 15.1. The third kappa shape index (κ3) is 4.56. The van der Waals surface area contributed by atoms with Crippen LogP contribution in [0.25, 0.3) is 0 Å². The van der Waals surface area contributed by atoms with Crippen molar-refractivity contribution < 1.29 is 19.2 Å². The third-order valence-electron chi connectivity index (χ3n) is 2.42. The lowest BCUT2D eigenvalue weighted by Crippen LogP contribution is -2.38. The van der Waals surface area contributed by atoms with Gasteiger partial charge in [-0.05, 0) is 0 Å². The molecular weight excluding hydrogens is 282 g/mol. The molecule has 112 valence electrons. The van der Waals surface area contributed by atoms with Crippen molar-refractivity contribution in [2.24, 2.45) is 0 Å². The molecule has 0 aliphatic rings. The quantitative estimate of drug-likeness (QED) is 0.583. The van der Waals surface area contributed by atoms with E-state index < -0.39 is 5.97 Å². The first-order valence-corrected chi connectivity index (χ1v) is 6.06. The molecule has 11 heteroatoms. The summed E-state index contributed by atoms with van der Waals surface area (Å²) in [6.45, 7) is 0.965. The number of rotatable bonds is 7. The Balaban J connectivity index is 1.61. The molecule has 11 nitrogen and oxygen atoms in total. The average Bonchev–Trinajstić information content (AvgIpc) is 3.09. The molecule has 2 aromatic heterocycles. The van der Waals surface area contributed by atoms with E-state index in [1.165, 1.54) is 17.2 Å². The molecule has 0 atom stereocenters. The summed E-state index contributed by atoms with van der Waals surface area (Å²) in [6, 6.07) is -0.354. The molecule has 0 saturated heterocycles. The second kappa shape index (κ2) is 6.98. The predicted molar refractivity (Wildman–Crippen MR) is 66.4 cm³/mol. The van der Waals surface area contributed by atoms with Gasteiger partial charge in [0.25, 0.3) is 0 Å². The van der Waals surface area contributed by atoms with Crippen LogP contribution in [0.3, 0.4) is 0 Å². The molecule has 0 spiro atoms. The van der Waals surface area contributed by atoms with Crippen LogP contribution in [0.15, 0.2) is 17.0 Å². The maximum atomic E-state index is 11.4. The van der Waals surface area contributed by atoms with E-state index in [2.05, 4.69) is 31.1 Å². The SMILES string of the molecule is O=C(NCCc1ncno1)NCCn1cc(C(=O)O)nn1. The van der Waals surface area contributed by atoms with E-state index in [9.17, 15) is 9.59 Å². The molecule has 0 unspecified atom stereocenters. The number of amides is 2. The smallest absolute Gasteiger partial charge is 0.358 e. The zero-order valence-electron chi connectivity index (χ0n) is 10.9. The molecule has 0 radical (unpaired) electrons. The summed E-state index contributed by atoms with van der Waals surface area (Å²) in [5.74, 6) is -0.702. The van der Waals surface area contributed by atoms with E-state index in [1.54, 1.807) is 0 Å². The van der Waals surface area contributed by atoms with E-state index in [1.807, 2.05) is 0 Å². The monoisotopic (exact) mass is 295 g/mol. The molecule has 0 bridgehead atoms. The summed E-state index contributed by atoms with van der Waals surface area (Å²) in [6.07, 6.45) is 3.02. The molecule has 3 N–H and O–H groups in total. The summed E-state index contributed by atoms with van der Waals surface area (Å²) in [5, 5.41) is 24.4. The van der Waals surface area contributed by atoms with E-state index >= 15 is 0 Å². The fourth-order valence-electron chi connectivity index (χ4n) is 1.44. The fourth-order valence-corrected chi connectivity index (χ4v) is 1.44. The number of nitrogens with zero attached hydrogens (tertiary/aromatic N) is 5. The second-order valence-corrected chi connectivity index (χ2v) is 3.94. The first-order chi connectivity index (χ1) is 10.1. The van der Waals surface area contributed by atoms with Crippen molar-refractivity contribution in [1.29, 1.82) is 0 Å². The van der Waals surface area contributed by atoms with Crippen LogP contribution in [0.4, 0.5) is 4.79 Å². The van der Waals surface area contributed by atoms with Gasteiger partial charge in [-0.15, -0.1) is 5.10 Å². The minimum absolute atomic E-state index is 0.140. The van der Waals surface area contributed by atoms with Gasteiger partial charge in [0.15, 0.2) is 12.0 Å². The Hall–Kier alpha value is -2.98. The van der Waals surface area contributed by atoms with Crippen LogP contribution in [-0.2, 0) is 13.0 Å². The van der Waals surface area contributed by atoms with Crippen molar-refractivity contribution in [3.63, 3.8) is 0 Å². The lowest BCUT2D eigenvalue weighted by molar-refractivity contribution is 0.0690. The van der Waals surface area contributed by atoms with Gasteiger partial charge in [0.2, 0.25) is 5.89 Å². The first kappa shape index (κ1) is 14.4. The Bertz CT molecular complexity index is 594. The summed E-state index contributed by atoms with van der Waals surface area (Å²) in [7, 11) is 0. The number of carbonyl (C=O) groups is 2. The molecule has 0 aromatic carbocycles. The van der Waals surface area contributed by atoms with Crippen LogP contribution < -0.4 is 10.6 Å². The highest BCUT2D eigenvalue weighted by molar-refractivity contribution is 5.84. The summed E-state index contributed by atoms with van der Waals surface area (Å²) >= 11 is 0. The second-order valence-electron chi connectivity index (χ2n) is 3.94. The Kier molecular flexibility index (Phi) is 4.79. The maximum Gasteiger partial charge on any atom is 0.358 e. The lowest BCUT2D eigenvalue weighted by Gasteiger charge is -2.06. The number of carboxylic acid groups (broad SMARTS) is 1. The normalized spacial score (nSPS) is 10.3. The Morgan fingerprint density at radius 2 is 2.14 bits per heavy atom. The van der Waals surface area contributed by atoms with Crippen molar-refractivity contribution in [3.8, 4) is 0 Å². The number of aromatic nitrogens is 5. The number of hydrogen-bond acceptors (Lipinski definition) is 7. The van der Waals surface area contributed by atoms with Crippen LogP contribution >= 0.6 is 0 Å². The molecule has 0 aliphatic heterocycles. The van der Waals surface area contributed by atoms with Crippen molar-refractivity contribution in [3.05, 3.63) is 24.1 Å². The van der Waals surface area contributed by atoms with Crippen molar-refractivity contribution in [2.45, 2.75) is 13.0 Å². The van der Waals surface area contributed by atoms with Gasteiger partial charge in [0.1, 0.15) is 0 Å². The predicted octanol–water partition coefficient (Wildman–Crippen LogP) is -1.10. The molecule has 0 fully saturated rings. The van der Waals surface area contributed by atoms with Crippen LogP contribution in [0.2, 0.25) is 0 Å². The van der Waals surface area contributed by atoms with Crippen molar-refractivity contribution in [2.75, 3.05) is 13.1 Å². The van der Waals surface area contributed by atoms with Gasteiger partial charge in [0, 0.05) is 19.5 Å². The maximum absolute atomic E-state index is 11.4. The van der Waals surface area contributed by atoms with Gasteiger partial charge in [-0.25, -0.2) is 14.3 Å². The van der Waals surface area contributed by atoms with Crippen LogP contribution in [0.5, 0.6) is 0 Å². The van der Waals surface area contributed by atoms with Crippen molar-refractivity contribution >= 4 is 12.0 Å². The number of aromatic carboxylic acids is 1. The number of carboxylic acids is 1. The molecule has 2 aromatic rings. The Morgan fingerprint density at radius 3 is 2.81 bits per heavy atom. The Labute approximate surface area is 118 Å². The van der Waals surface area contributed by atoms with Crippen LogP contribution in [0.1, 0.15) is 16.4 Å². The standard InChI is InChI=1S/C10H13N7O4/c18-9(19)7-5-17(16-15-7)4-3-12-10(20)11-2-1-8-13-6-14-21-8/h5-6H,1-4H2,(H,18,19)(H2,11,12,20). The zero-order valence-corrected chi connectivity index (χ0v) is 10.9. The number of urea groups is 1. The van der Waals surface area contributed by atoms with Gasteiger partial charge < -0.3 is 20.3 Å². The molecule has 2 heterocycles. The summed E-state index contributed by atoms with van der Waals surface area (Å²) in [4.78, 5) is 25.9. The number of carbonyl (C=O) groups excluding carboxylic acids is 1. The summed E-state index contributed by atoms with van der Waals surface area (Å²) < 4.78 is 6.11. The minimum atomic E-state index is -1.15. The molecule has 0 aliphatic carbocycles. The molecule has 0 saturated carbocycles. The van der Waals surface area contributed by atoms with E-state index in [0.717, 1.165) is 0 Å². The molecule has 2 amide bonds. The van der Waals surface area contributed by atoms with Crippen molar-refractivity contribution in [1.82, 2.24) is 35.8 Å². The number of hydrogen-bond donors (Lipinski definition) is 3. The molecule has 2 rings (SSSR count). The van der Waals surface area contributed by atoms with Gasteiger partial charge in [0.05, 0.1) is 12.7 Å². The van der Waals surface area contributed by atoms with E-state index in [4.69, 9.17) is 9.63 Å². The van der Waals surface area contributed by atoms with Gasteiger partial charge in [-0.1, -0.05) is 10.4 Å². The van der Waals surface area contributed by atoms with E-state index in [0.29, 0.717) is 25.4 Å². The molecule has 21 heavy (non-hydrogen) atoms. The van der Waals surface area contributed by atoms with E-state index in [-0.39, 0.29) is 18.3 Å². The fraction of sp³-hybridized carbons (Fsp3) is 0.400. The largest absolute Gasteiger partial charge is 0.476 e. The molecular formula is C10H13N7O4. The number of nitrogens with one attached hydrogen (secondary N) is 2. The minimum Gasteiger partial charge on any atom is -0.476 e. The Morgan fingerprint density at radius 1 is 1.33 bits per heavy atom. The van der Waals surface area contributed by atoms with Crippen LogP contribution in [0, 0.1) is 0 Å². The van der Waals surface area contributed by atoms with Gasteiger partial charge in [-0.2, -0.15) is 4.98 Å². The highest BCUT2D eigenvalue weighted by Gasteiger charge is 2.08. The topological polar surface area (TPSA) is 148 Å².